The normalized spacial score (nSPS) is 10.9. The van der Waals surface area contributed by atoms with Gasteiger partial charge in [-0.1, -0.05) is 12.1 Å². The molecule has 0 aliphatic carbocycles. The number of nitrogens with two attached hydrogens (primary N) is 1. The molecule has 0 aliphatic rings. The van der Waals surface area contributed by atoms with Crippen LogP contribution in [-0.2, 0) is 6.42 Å². The average molecular weight is 262 g/mol. The second-order valence-corrected chi connectivity index (χ2v) is 5.66. The van der Waals surface area contributed by atoms with Crippen LogP contribution >= 0.6 is 11.3 Å². The largest absolute Gasteiger partial charge is 0.491 e. The number of benzene rings is 1. The highest BCUT2D eigenvalue weighted by Gasteiger charge is 2.06. The first-order valence-corrected chi connectivity index (χ1v) is 6.83. The smallest absolute Gasteiger partial charge is 0.180 e. The lowest BCUT2D eigenvalue weighted by molar-refractivity contribution is 0.242. The van der Waals surface area contributed by atoms with Crippen LogP contribution < -0.4 is 10.5 Å². The number of hydrogen-bond donors (Lipinski definition) is 1. The summed E-state index contributed by atoms with van der Waals surface area (Å²) in [4.78, 5) is 5.46. The molecule has 2 rings (SSSR count). The number of anilines is 1. The van der Waals surface area contributed by atoms with Gasteiger partial charge in [-0.2, -0.15) is 0 Å². The summed E-state index contributed by atoms with van der Waals surface area (Å²) in [5.41, 5.74) is 7.98. The molecule has 3 nitrogen and oxygen atoms in total. The molecule has 0 fully saturated rings. The summed E-state index contributed by atoms with van der Waals surface area (Å²) < 4.78 is 5.62. The maximum atomic E-state index is 5.70. The van der Waals surface area contributed by atoms with Gasteiger partial charge in [-0.3, -0.25) is 0 Å². The van der Waals surface area contributed by atoms with Crippen molar-refractivity contribution in [3.63, 3.8) is 0 Å². The van der Waals surface area contributed by atoms with Gasteiger partial charge < -0.3 is 10.5 Å². The molecule has 4 heteroatoms. The number of ether oxygens (including phenoxy) is 1. The van der Waals surface area contributed by atoms with Crippen LogP contribution in [0.4, 0.5) is 5.13 Å². The molecule has 1 aromatic carbocycles. The summed E-state index contributed by atoms with van der Waals surface area (Å²) in [7, 11) is 0. The average Bonchev–Trinajstić information content (AvgIpc) is 2.59. The van der Waals surface area contributed by atoms with Crippen molar-refractivity contribution in [2.75, 3.05) is 5.73 Å². The Bertz CT molecular complexity index is 517. The van der Waals surface area contributed by atoms with Gasteiger partial charge in [0.05, 0.1) is 11.8 Å². The van der Waals surface area contributed by atoms with E-state index in [1.807, 2.05) is 32.9 Å². The summed E-state index contributed by atoms with van der Waals surface area (Å²) in [6.45, 7) is 6.05. The molecule has 2 aromatic rings. The standard InChI is InChI=1S/C14H18N2OS/c1-9(2)17-12-6-4-11(5-7-12)8-13-10(3)16-14(15)18-13/h4-7,9H,8H2,1-3H3,(H2,15,16). The van der Waals surface area contributed by atoms with E-state index in [0.717, 1.165) is 17.9 Å². The maximum absolute atomic E-state index is 5.70. The van der Waals surface area contributed by atoms with Crippen LogP contribution in [0.15, 0.2) is 24.3 Å². The first kappa shape index (κ1) is 12.9. The van der Waals surface area contributed by atoms with E-state index in [4.69, 9.17) is 10.5 Å². The van der Waals surface area contributed by atoms with Crippen LogP contribution in [0.1, 0.15) is 30.0 Å². The maximum Gasteiger partial charge on any atom is 0.180 e. The molecule has 1 heterocycles. The van der Waals surface area contributed by atoms with Crippen molar-refractivity contribution in [2.24, 2.45) is 0 Å². The summed E-state index contributed by atoms with van der Waals surface area (Å²) in [6.07, 6.45) is 1.09. The fourth-order valence-electron chi connectivity index (χ4n) is 1.76. The Morgan fingerprint density at radius 1 is 1.28 bits per heavy atom. The molecule has 0 radical (unpaired) electrons. The van der Waals surface area contributed by atoms with E-state index in [9.17, 15) is 0 Å². The molecule has 1 aromatic heterocycles. The third-order valence-electron chi connectivity index (χ3n) is 2.57. The van der Waals surface area contributed by atoms with Gasteiger partial charge in [0.25, 0.3) is 0 Å². The Balaban J connectivity index is 2.08. The lowest BCUT2D eigenvalue weighted by Crippen LogP contribution is -2.05. The Morgan fingerprint density at radius 3 is 2.44 bits per heavy atom. The molecular formula is C14H18N2OS. The van der Waals surface area contributed by atoms with E-state index < -0.39 is 0 Å². The first-order chi connectivity index (χ1) is 8.54. The quantitative estimate of drug-likeness (QED) is 0.918. The van der Waals surface area contributed by atoms with Crippen molar-refractivity contribution < 1.29 is 4.74 Å². The first-order valence-electron chi connectivity index (χ1n) is 6.02. The Kier molecular flexibility index (Phi) is 3.87. The molecule has 0 saturated carbocycles. The van der Waals surface area contributed by atoms with Crippen molar-refractivity contribution >= 4 is 16.5 Å². The summed E-state index contributed by atoms with van der Waals surface area (Å²) in [6, 6.07) is 8.20. The van der Waals surface area contributed by atoms with E-state index in [1.165, 1.54) is 10.4 Å². The van der Waals surface area contributed by atoms with Crippen LogP contribution in [-0.4, -0.2) is 11.1 Å². The molecule has 0 aliphatic heterocycles. The summed E-state index contributed by atoms with van der Waals surface area (Å²) in [5, 5.41) is 0.641. The molecule has 0 amide bonds. The Morgan fingerprint density at radius 2 is 1.94 bits per heavy atom. The van der Waals surface area contributed by atoms with E-state index >= 15 is 0 Å². The summed E-state index contributed by atoms with van der Waals surface area (Å²) >= 11 is 1.56. The molecule has 96 valence electrons. The Hall–Kier alpha value is -1.55. The zero-order valence-electron chi connectivity index (χ0n) is 10.9. The third kappa shape index (κ3) is 3.23. The predicted molar refractivity (Wildman–Crippen MR) is 76.3 cm³/mol. The van der Waals surface area contributed by atoms with Gasteiger partial charge in [-0.05, 0) is 38.5 Å². The fraction of sp³-hybridized carbons (Fsp3) is 0.357. The van der Waals surface area contributed by atoms with Gasteiger partial charge in [0.2, 0.25) is 0 Å². The van der Waals surface area contributed by atoms with Crippen LogP contribution in [0.3, 0.4) is 0 Å². The van der Waals surface area contributed by atoms with Gasteiger partial charge in [0.1, 0.15) is 5.75 Å². The van der Waals surface area contributed by atoms with Gasteiger partial charge >= 0.3 is 0 Å². The zero-order chi connectivity index (χ0) is 13.1. The second kappa shape index (κ2) is 5.40. The molecule has 18 heavy (non-hydrogen) atoms. The molecular weight excluding hydrogens is 244 g/mol. The number of hydrogen-bond acceptors (Lipinski definition) is 4. The third-order valence-corrected chi connectivity index (χ3v) is 3.56. The van der Waals surface area contributed by atoms with E-state index in [2.05, 4.69) is 17.1 Å². The molecule has 0 unspecified atom stereocenters. The van der Waals surface area contributed by atoms with Crippen molar-refractivity contribution in [3.05, 3.63) is 40.4 Å². The highest BCUT2D eigenvalue weighted by Crippen LogP contribution is 2.24. The van der Waals surface area contributed by atoms with Gasteiger partial charge in [0.15, 0.2) is 5.13 Å². The molecule has 0 atom stereocenters. The van der Waals surface area contributed by atoms with Crippen LogP contribution in [0.25, 0.3) is 0 Å². The number of nitrogens with zero attached hydrogens (tertiary/aromatic N) is 1. The van der Waals surface area contributed by atoms with E-state index in [1.54, 1.807) is 11.3 Å². The SMILES string of the molecule is Cc1nc(N)sc1Cc1ccc(OC(C)C)cc1. The highest BCUT2D eigenvalue weighted by molar-refractivity contribution is 7.15. The van der Waals surface area contributed by atoms with Gasteiger partial charge in [-0.25, -0.2) is 4.98 Å². The Labute approximate surface area is 112 Å². The van der Waals surface area contributed by atoms with Gasteiger partial charge in [0, 0.05) is 11.3 Å². The van der Waals surface area contributed by atoms with Crippen molar-refractivity contribution in [1.29, 1.82) is 0 Å². The fourth-order valence-corrected chi connectivity index (χ4v) is 2.63. The van der Waals surface area contributed by atoms with Crippen LogP contribution in [0, 0.1) is 6.92 Å². The molecule has 0 saturated heterocycles. The molecule has 2 N–H and O–H groups in total. The van der Waals surface area contributed by atoms with Crippen molar-refractivity contribution in [3.8, 4) is 5.75 Å². The van der Waals surface area contributed by atoms with Crippen molar-refractivity contribution in [2.45, 2.75) is 33.3 Å². The minimum Gasteiger partial charge on any atom is -0.491 e. The minimum absolute atomic E-state index is 0.208. The van der Waals surface area contributed by atoms with E-state index in [0.29, 0.717) is 5.13 Å². The minimum atomic E-state index is 0.208. The topological polar surface area (TPSA) is 48.1 Å². The lowest BCUT2D eigenvalue weighted by Gasteiger charge is -2.09. The number of aromatic nitrogens is 1. The number of rotatable bonds is 4. The number of aryl methyl sites for hydroxylation is 1. The second-order valence-electron chi connectivity index (χ2n) is 4.55. The molecule has 0 bridgehead atoms. The molecule has 0 spiro atoms. The number of nitrogen functional groups attached to an aromatic ring is 1. The van der Waals surface area contributed by atoms with Gasteiger partial charge in [-0.15, -0.1) is 11.3 Å². The summed E-state index contributed by atoms with van der Waals surface area (Å²) in [5.74, 6) is 0.911. The lowest BCUT2D eigenvalue weighted by atomic mass is 10.1. The van der Waals surface area contributed by atoms with Crippen LogP contribution in [0.2, 0.25) is 0 Å². The highest BCUT2D eigenvalue weighted by atomic mass is 32.1. The van der Waals surface area contributed by atoms with Crippen molar-refractivity contribution in [1.82, 2.24) is 4.98 Å². The van der Waals surface area contributed by atoms with Crippen LogP contribution in [0.5, 0.6) is 5.75 Å². The number of thiazole rings is 1. The zero-order valence-corrected chi connectivity index (χ0v) is 11.8. The monoisotopic (exact) mass is 262 g/mol. The predicted octanol–water partition coefficient (Wildman–Crippen LogP) is 3.41. The van der Waals surface area contributed by atoms with E-state index in [-0.39, 0.29) is 6.10 Å².